The molecule has 1 unspecified atom stereocenters. The van der Waals surface area contributed by atoms with Crippen molar-refractivity contribution in [3.63, 3.8) is 0 Å². The first-order valence-electron chi connectivity index (χ1n) is 8.83. The fourth-order valence-electron chi connectivity index (χ4n) is 3.72. The van der Waals surface area contributed by atoms with Crippen LogP contribution < -0.4 is 5.56 Å². The van der Waals surface area contributed by atoms with E-state index in [-0.39, 0.29) is 11.3 Å². The van der Waals surface area contributed by atoms with Crippen LogP contribution in [0, 0.1) is 6.92 Å². The normalized spacial score (nSPS) is 17.7. The summed E-state index contributed by atoms with van der Waals surface area (Å²) >= 11 is 0. The van der Waals surface area contributed by atoms with E-state index < -0.39 is 6.04 Å². The number of Topliss-reactive ketones (excluding diaryl/α,β-unsaturated/α-hetero) is 1. The Balaban J connectivity index is 2.04. The molecule has 0 aliphatic heterocycles. The molecule has 0 saturated heterocycles. The van der Waals surface area contributed by atoms with Gasteiger partial charge in [-0.2, -0.15) is 0 Å². The standard InChI is InChI=1S/C22H20N2O2/c1-14-11-12-18(19(25)13-14)24-21(16-8-4-3-5-9-16)23-17-10-6-7-15(2)20(17)22(24)26/h3-10,18H,1,11-13H2,2H3. The Labute approximate surface area is 151 Å². The summed E-state index contributed by atoms with van der Waals surface area (Å²) in [5, 5.41) is 0.587. The summed E-state index contributed by atoms with van der Waals surface area (Å²) in [6.07, 6.45) is 1.68. The molecule has 0 radical (unpaired) electrons. The van der Waals surface area contributed by atoms with Crippen LogP contribution in [0.15, 0.2) is 65.5 Å². The minimum absolute atomic E-state index is 0.0373. The average Bonchev–Trinajstić information content (AvgIpc) is 2.63. The molecule has 26 heavy (non-hydrogen) atoms. The minimum Gasteiger partial charge on any atom is -0.297 e. The maximum atomic E-state index is 13.4. The molecule has 0 spiro atoms. The smallest absolute Gasteiger partial charge is 0.262 e. The van der Waals surface area contributed by atoms with Crippen LogP contribution in [0.4, 0.5) is 0 Å². The molecule has 4 rings (SSSR count). The molecule has 1 heterocycles. The molecular weight excluding hydrogens is 324 g/mol. The number of ketones is 1. The fraction of sp³-hybridized carbons (Fsp3) is 0.227. The lowest BCUT2D eigenvalue weighted by Gasteiger charge is -2.26. The highest BCUT2D eigenvalue weighted by molar-refractivity contribution is 5.88. The summed E-state index contributed by atoms with van der Waals surface area (Å²) in [5.41, 5.74) is 3.17. The second kappa shape index (κ2) is 6.37. The van der Waals surface area contributed by atoms with Crippen LogP contribution in [-0.4, -0.2) is 15.3 Å². The molecule has 1 aliphatic carbocycles. The maximum Gasteiger partial charge on any atom is 0.262 e. The quantitative estimate of drug-likeness (QED) is 0.654. The number of nitrogens with zero attached hydrogens (tertiary/aromatic N) is 2. The third kappa shape index (κ3) is 2.68. The number of rotatable bonds is 2. The zero-order chi connectivity index (χ0) is 18.3. The zero-order valence-electron chi connectivity index (χ0n) is 14.7. The molecule has 0 bridgehead atoms. The molecule has 1 aliphatic rings. The van der Waals surface area contributed by atoms with Crippen molar-refractivity contribution in [1.82, 2.24) is 9.55 Å². The maximum absolute atomic E-state index is 13.4. The van der Waals surface area contributed by atoms with Gasteiger partial charge in [0.2, 0.25) is 0 Å². The number of benzene rings is 2. The monoisotopic (exact) mass is 344 g/mol. The first-order chi connectivity index (χ1) is 12.6. The van der Waals surface area contributed by atoms with Gasteiger partial charge in [0.1, 0.15) is 5.82 Å². The highest BCUT2D eigenvalue weighted by atomic mass is 16.1. The van der Waals surface area contributed by atoms with Crippen LogP contribution in [0.5, 0.6) is 0 Å². The molecule has 2 aromatic carbocycles. The Kier molecular flexibility index (Phi) is 4.03. The first-order valence-corrected chi connectivity index (χ1v) is 8.83. The lowest BCUT2D eigenvalue weighted by Crippen LogP contribution is -2.34. The molecule has 130 valence electrons. The van der Waals surface area contributed by atoms with Gasteiger partial charge in [0.05, 0.1) is 16.9 Å². The fourth-order valence-corrected chi connectivity index (χ4v) is 3.72. The van der Waals surface area contributed by atoms with E-state index in [4.69, 9.17) is 4.98 Å². The van der Waals surface area contributed by atoms with Crippen molar-refractivity contribution >= 4 is 16.7 Å². The molecule has 1 saturated carbocycles. The van der Waals surface area contributed by atoms with Crippen LogP contribution in [0.3, 0.4) is 0 Å². The molecule has 0 amide bonds. The summed E-state index contributed by atoms with van der Waals surface area (Å²) in [6.45, 7) is 5.84. The van der Waals surface area contributed by atoms with E-state index in [1.807, 2.05) is 55.5 Å². The first kappa shape index (κ1) is 16.5. The number of aryl methyl sites for hydroxylation is 1. The molecule has 4 nitrogen and oxygen atoms in total. The number of carbonyl (C=O) groups excluding carboxylic acids is 1. The molecular formula is C22H20N2O2. The second-order valence-electron chi connectivity index (χ2n) is 6.89. The van der Waals surface area contributed by atoms with E-state index in [1.165, 1.54) is 0 Å². The molecule has 1 fully saturated rings. The topological polar surface area (TPSA) is 52.0 Å². The largest absolute Gasteiger partial charge is 0.297 e. The Morgan fingerprint density at radius 3 is 2.58 bits per heavy atom. The number of aromatic nitrogens is 2. The van der Waals surface area contributed by atoms with Gasteiger partial charge in [0.25, 0.3) is 5.56 Å². The van der Waals surface area contributed by atoms with E-state index in [2.05, 4.69) is 6.58 Å². The second-order valence-corrected chi connectivity index (χ2v) is 6.89. The Morgan fingerprint density at radius 2 is 1.85 bits per heavy atom. The van der Waals surface area contributed by atoms with E-state index in [1.54, 1.807) is 4.57 Å². The zero-order valence-corrected chi connectivity index (χ0v) is 14.7. The lowest BCUT2D eigenvalue weighted by molar-refractivity contribution is -0.122. The van der Waals surface area contributed by atoms with Gasteiger partial charge in [-0.05, 0) is 31.4 Å². The van der Waals surface area contributed by atoms with Crippen LogP contribution in [0.1, 0.15) is 30.9 Å². The Hall–Kier alpha value is -3.01. The van der Waals surface area contributed by atoms with Crippen molar-refractivity contribution in [3.8, 4) is 11.4 Å². The SMILES string of the molecule is C=C1CCC(n2c(-c3ccccc3)nc3cccc(C)c3c2=O)C(=O)C1. The third-order valence-corrected chi connectivity index (χ3v) is 5.05. The molecule has 1 aromatic heterocycles. The van der Waals surface area contributed by atoms with Gasteiger partial charge >= 0.3 is 0 Å². The van der Waals surface area contributed by atoms with Gasteiger partial charge in [-0.3, -0.25) is 14.2 Å². The van der Waals surface area contributed by atoms with E-state index in [0.717, 1.165) is 23.1 Å². The predicted molar refractivity (Wildman–Crippen MR) is 103 cm³/mol. The summed E-state index contributed by atoms with van der Waals surface area (Å²) in [4.78, 5) is 30.9. The van der Waals surface area contributed by atoms with Crippen molar-refractivity contribution in [2.24, 2.45) is 0 Å². The lowest BCUT2D eigenvalue weighted by atomic mass is 9.90. The number of carbonyl (C=O) groups is 1. The summed E-state index contributed by atoms with van der Waals surface area (Å²) in [6, 6.07) is 14.8. The van der Waals surface area contributed by atoms with Crippen LogP contribution in [0.25, 0.3) is 22.3 Å². The summed E-state index contributed by atoms with van der Waals surface area (Å²) in [7, 11) is 0. The van der Waals surface area contributed by atoms with Crippen molar-refractivity contribution in [3.05, 3.63) is 76.6 Å². The number of fused-ring (bicyclic) bond motifs is 1. The van der Waals surface area contributed by atoms with Crippen LogP contribution in [-0.2, 0) is 4.79 Å². The number of hydrogen-bond donors (Lipinski definition) is 0. The summed E-state index contributed by atoms with van der Waals surface area (Å²) < 4.78 is 1.61. The average molecular weight is 344 g/mol. The third-order valence-electron chi connectivity index (χ3n) is 5.05. The van der Waals surface area contributed by atoms with E-state index in [9.17, 15) is 9.59 Å². The number of hydrogen-bond acceptors (Lipinski definition) is 3. The van der Waals surface area contributed by atoms with E-state index in [0.29, 0.717) is 29.6 Å². The van der Waals surface area contributed by atoms with Gasteiger partial charge in [0.15, 0.2) is 5.78 Å². The molecule has 4 heteroatoms. The Bertz CT molecular complexity index is 1080. The van der Waals surface area contributed by atoms with Crippen LogP contribution >= 0.6 is 0 Å². The minimum atomic E-state index is -0.486. The van der Waals surface area contributed by atoms with Crippen molar-refractivity contribution in [1.29, 1.82) is 0 Å². The van der Waals surface area contributed by atoms with Gasteiger partial charge in [-0.25, -0.2) is 4.98 Å². The van der Waals surface area contributed by atoms with Gasteiger partial charge < -0.3 is 0 Å². The van der Waals surface area contributed by atoms with Crippen molar-refractivity contribution in [2.75, 3.05) is 0 Å². The van der Waals surface area contributed by atoms with Crippen molar-refractivity contribution < 1.29 is 4.79 Å². The molecule has 0 N–H and O–H groups in total. The van der Waals surface area contributed by atoms with Gasteiger partial charge in [-0.1, -0.05) is 54.6 Å². The van der Waals surface area contributed by atoms with Gasteiger partial charge in [0, 0.05) is 12.0 Å². The summed E-state index contributed by atoms with van der Waals surface area (Å²) in [5.74, 6) is 0.592. The Morgan fingerprint density at radius 1 is 1.08 bits per heavy atom. The molecule has 3 aromatic rings. The highest BCUT2D eigenvalue weighted by Gasteiger charge is 2.29. The van der Waals surface area contributed by atoms with Crippen LogP contribution in [0.2, 0.25) is 0 Å². The number of allylic oxidation sites excluding steroid dienone is 1. The van der Waals surface area contributed by atoms with Crippen molar-refractivity contribution in [2.45, 2.75) is 32.2 Å². The molecule has 1 atom stereocenters. The predicted octanol–water partition coefficient (Wildman–Crippen LogP) is 4.22. The highest BCUT2D eigenvalue weighted by Crippen LogP contribution is 2.31. The van der Waals surface area contributed by atoms with Gasteiger partial charge in [-0.15, -0.1) is 0 Å². The van der Waals surface area contributed by atoms with E-state index >= 15 is 0 Å².